The fraction of sp³-hybridized carbons (Fsp3) is 0.0400. The lowest BCUT2D eigenvalue weighted by atomic mass is 10.1. The molecule has 35 heavy (non-hydrogen) atoms. The van der Waals surface area contributed by atoms with Crippen molar-refractivity contribution in [3.63, 3.8) is 0 Å². The zero-order chi connectivity index (χ0) is 24.9. The minimum atomic E-state index is -0.754. The van der Waals surface area contributed by atoms with E-state index in [4.69, 9.17) is 4.74 Å². The first-order valence-electron chi connectivity index (χ1n) is 10.4. The molecule has 1 heterocycles. The van der Waals surface area contributed by atoms with Crippen LogP contribution in [-0.4, -0.2) is 25.4 Å². The van der Waals surface area contributed by atoms with Crippen LogP contribution < -0.4 is 0 Å². The van der Waals surface area contributed by atoms with Crippen molar-refractivity contribution in [3.05, 3.63) is 123 Å². The van der Waals surface area contributed by atoms with Crippen LogP contribution in [0.4, 0.5) is 11.4 Å². The summed E-state index contributed by atoms with van der Waals surface area (Å²) in [6.45, 7) is 4.23. The number of nitro groups is 2. The van der Waals surface area contributed by atoms with Gasteiger partial charge in [0.25, 0.3) is 11.4 Å². The van der Waals surface area contributed by atoms with Gasteiger partial charge in [0.15, 0.2) is 0 Å². The lowest BCUT2D eigenvalue weighted by molar-refractivity contribution is -0.385. The minimum absolute atomic E-state index is 0.100. The normalized spacial score (nSPS) is 11.3. The number of esters is 1. The van der Waals surface area contributed by atoms with Crippen LogP contribution in [0.1, 0.15) is 21.7 Å². The van der Waals surface area contributed by atoms with Gasteiger partial charge in [0, 0.05) is 42.4 Å². The van der Waals surface area contributed by atoms with Crippen molar-refractivity contribution in [1.82, 2.24) is 9.55 Å². The smallest absolute Gasteiger partial charge is 0.343 e. The number of nitro benzene ring substituents is 2. The van der Waals surface area contributed by atoms with Crippen molar-refractivity contribution < 1.29 is 19.4 Å². The Morgan fingerprint density at radius 2 is 1.49 bits per heavy atom. The van der Waals surface area contributed by atoms with Crippen LogP contribution in [0.25, 0.3) is 22.9 Å². The molecule has 174 valence electrons. The SMILES string of the molecule is C=CCn1c(/C=C(/OC(=O)c2ccc([N+](=O)[O-])cc2)c2ccc([N+](=O)[O-])cc2)nc2ccccc21. The lowest BCUT2D eigenvalue weighted by Crippen LogP contribution is -2.06. The maximum atomic E-state index is 12.9. The number of ether oxygens (including phenoxy) is 1. The Labute approximate surface area is 198 Å². The summed E-state index contributed by atoms with van der Waals surface area (Å²) in [7, 11) is 0. The van der Waals surface area contributed by atoms with Gasteiger partial charge in [0.1, 0.15) is 11.6 Å². The van der Waals surface area contributed by atoms with Gasteiger partial charge in [-0.3, -0.25) is 20.2 Å². The van der Waals surface area contributed by atoms with E-state index in [0.717, 1.165) is 11.0 Å². The van der Waals surface area contributed by atoms with E-state index in [-0.39, 0.29) is 22.7 Å². The number of imidazole rings is 1. The highest BCUT2D eigenvalue weighted by atomic mass is 16.6. The maximum absolute atomic E-state index is 12.9. The Hall–Kier alpha value is -5.12. The van der Waals surface area contributed by atoms with Crippen molar-refractivity contribution in [1.29, 1.82) is 0 Å². The maximum Gasteiger partial charge on any atom is 0.343 e. The number of non-ortho nitro benzene ring substituents is 2. The molecule has 10 nitrogen and oxygen atoms in total. The summed E-state index contributed by atoms with van der Waals surface area (Å²) in [6.07, 6.45) is 3.27. The second-order valence-electron chi connectivity index (χ2n) is 7.36. The Bertz CT molecular complexity index is 1470. The molecule has 1 aromatic heterocycles. The fourth-order valence-electron chi connectivity index (χ4n) is 3.44. The van der Waals surface area contributed by atoms with E-state index in [1.165, 1.54) is 48.5 Å². The number of rotatable bonds is 8. The van der Waals surface area contributed by atoms with Crippen LogP contribution in [0, 0.1) is 20.2 Å². The van der Waals surface area contributed by atoms with Crippen LogP contribution in [0.15, 0.2) is 85.5 Å². The van der Waals surface area contributed by atoms with Gasteiger partial charge in [-0.05, 0) is 36.4 Å². The molecule has 10 heteroatoms. The van der Waals surface area contributed by atoms with E-state index >= 15 is 0 Å². The molecule has 0 saturated carbocycles. The highest BCUT2D eigenvalue weighted by molar-refractivity contribution is 5.95. The standard InChI is InChI=1S/C25H18N4O6/c1-2-15-27-22-6-4-3-5-21(22)26-24(27)16-23(17-7-11-19(12-8-17)28(31)32)35-25(30)18-9-13-20(14-10-18)29(33)34/h2-14,16H,1,15H2/b23-16+. The number of allylic oxidation sites excluding steroid dienone is 1. The average molecular weight is 470 g/mol. The van der Waals surface area contributed by atoms with E-state index in [0.29, 0.717) is 17.9 Å². The van der Waals surface area contributed by atoms with Crippen LogP contribution in [-0.2, 0) is 11.3 Å². The van der Waals surface area contributed by atoms with Gasteiger partial charge in [-0.2, -0.15) is 0 Å². The number of nitrogens with zero attached hydrogens (tertiary/aromatic N) is 4. The number of hydrogen-bond acceptors (Lipinski definition) is 7. The van der Waals surface area contributed by atoms with Crippen LogP contribution in [0.5, 0.6) is 0 Å². The summed E-state index contributed by atoms with van der Waals surface area (Å²) in [5.41, 5.74) is 1.80. The molecule has 0 spiro atoms. The van der Waals surface area contributed by atoms with Gasteiger partial charge in [-0.25, -0.2) is 9.78 Å². The Morgan fingerprint density at radius 1 is 0.914 bits per heavy atom. The van der Waals surface area contributed by atoms with Gasteiger partial charge >= 0.3 is 5.97 Å². The summed E-state index contributed by atoms with van der Waals surface area (Å²) in [4.78, 5) is 38.4. The van der Waals surface area contributed by atoms with Crippen LogP contribution >= 0.6 is 0 Å². The molecule has 0 aliphatic heterocycles. The number of para-hydroxylation sites is 2. The van der Waals surface area contributed by atoms with E-state index in [2.05, 4.69) is 11.6 Å². The molecule has 0 aliphatic carbocycles. The van der Waals surface area contributed by atoms with E-state index in [1.54, 1.807) is 12.2 Å². The number of carbonyl (C=O) groups is 1. The molecule has 0 unspecified atom stereocenters. The second kappa shape index (κ2) is 9.79. The fourth-order valence-corrected chi connectivity index (χ4v) is 3.44. The van der Waals surface area contributed by atoms with Gasteiger partial charge in [0.2, 0.25) is 0 Å². The molecule has 0 fully saturated rings. The molecule has 0 radical (unpaired) electrons. The lowest BCUT2D eigenvalue weighted by Gasteiger charge is -2.10. The predicted molar refractivity (Wildman–Crippen MR) is 129 cm³/mol. The molecule has 0 aliphatic rings. The summed E-state index contributed by atoms with van der Waals surface area (Å²) >= 11 is 0. The summed E-state index contributed by atoms with van der Waals surface area (Å²) in [6, 6.07) is 18.0. The molecule has 0 N–H and O–H groups in total. The van der Waals surface area contributed by atoms with Gasteiger partial charge < -0.3 is 9.30 Å². The Morgan fingerprint density at radius 3 is 2.06 bits per heavy atom. The van der Waals surface area contributed by atoms with Crippen molar-refractivity contribution in [2.45, 2.75) is 6.54 Å². The van der Waals surface area contributed by atoms with Crippen molar-refractivity contribution >= 4 is 40.2 Å². The zero-order valence-corrected chi connectivity index (χ0v) is 18.2. The highest BCUT2D eigenvalue weighted by Crippen LogP contribution is 2.26. The highest BCUT2D eigenvalue weighted by Gasteiger charge is 2.17. The summed E-state index contributed by atoms with van der Waals surface area (Å²) in [5.74, 6) is -0.171. The zero-order valence-electron chi connectivity index (χ0n) is 18.2. The minimum Gasteiger partial charge on any atom is -0.422 e. The molecular weight excluding hydrogens is 452 g/mol. The van der Waals surface area contributed by atoms with E-state index < -0.39 is 15.8 Å². The first-order valence-corrected chi connectivity index (χ1v) is 10.4. The first-order chi connectivity index (χ1) is 16.9. The molecule has 0 atom stereocenters. The third-order valence-corrected chi connectivity index (χ3v) is 5.14. The summed E-state index contributed by atoms with van der Waals surface area (Å²) in [5, 5.41) is 22.0. The molecule has 0 saturated heterocycles. The molecule has 4 rings (SSSR count). The number of hydrogen-bond donors (Lipinski definition) is 0. The van der Waals surface area contributed by atoms with E-state index in [9.17, 15) is 25.0 Å². The van der Waals surface area contributed by atoms with Crippen molar-refractivity contribution in [2.24, 2.45) is 0 Å². The third-order valence-electron chi connectivity index (χ3n) is 5.14. The molecule has 4 aromatic rings. The number of carbonyl (C=O) groups excluding carboxylic acids is 1. The quantitative estimate of drug-likeness (QED) is 0.111. The predicted octanol–water partition coefficient (Wildman–Crippen LogP) is 5.39. The van der Waals surface area contributed by atoms with Gasteiger partial charge in [-0.15, -0.1) is 6.58 Å². The first kappa shape index (κ1) is 23.1. The van der Waals surface area contributed by atoms with Gasteiger partial charge in [-0.1, -0.05) is 18.2 Å². The number of fused-ring (bicyclic) bond motifs is 1. The van der Waals surface area contributed by atoms with E-state index in [1.807, 2.05) is 28.8 Å². The monoisotopic (exact) mass is 470 g/mol. The molecule has 0 bridgehead atoms. The van der Waals surface area contributed by atoms with Crippen LogP contribution in [0.3, 0.4) is 0 Å². The Balaban J connectivity index is 1.78. The van der Waals surface area contributed by atoms with Crippen molar-refractivity contribution in [2.75, 3.05) is 0 Å². The number of benzene rings is 3. The Kier molecular flexibility index (Phi) is 6.45. The average Bonchev–Trinajstić information content (AvgIpc) is 3.21. The van der Waals surface area contributed by atoms with Crippen molar-refractivity contribution in [3.8, 4) is 0 Å². The number of aromatic nitrogens is 2. The van der Waals surface area contributed by atoms with Gasteiger partial charge in [0.05, 0.1) is 26.4 Å². The topological polar surface area (TPSA) is 130 Å². The largest absolute Gasteiger partial charge is 0.422 e. The van der Waals surface area contributed by atoms with Crippen LogP contribution in [0.2, 0.25) is 0 Å². The third kappa shape index (κ3) is 4.96. The molecular formula is C25H18N4O6. The summed E-state index contributed by atoms with van der Waals surface area (Å²) < 4.78 is 7.54. The molecule has 3 aromatic carbocycles. The second-order valence-corrected chi connectivity index (χ2v) is 7.36. The molecule has 0 amide bonds.